The largest absolute Gasteiger partial charge is 0.464 e. The molecule has 0 aliphatic carbocycles. The molecule has 1 aromatic carbocycles. The Hall–Kier alpha value is -3.49. The predicted octanol–water partition coefficient (Wildman–Crippen LogP) is 4.95. The Balaban J connectivity index is 1.13. The molecule has 1 saturated heterocycles. The molecule has 0 spiro atoms. The monoisotopic (exact) mass is 443 g/mol. The zero-order valence-corrected chi connectivity index (χ0v) is 18.2. The highest BCUT2D eigenvalue weighted by Gasteiger charge is 2.19. The van der Waals surface area contributed by atoms with E-state index in [9.17, 15) is 0 Å². The zero-order valence-electron chi connectivity index (χ0n) is 17.3. The number of nitrogens with zero attached hydrogens (tertiary/aromatic N) is 5. The van der Waals surface area contributed by atoms with Crippen LogP contribution in [-0.4, -0.2) is 46.0 Å². The van der Waals surface area contributed by atoms with Gasteiger partial charge in [-0.15, -0.1) is 0 Å². The van der Waals surface area contributed by atoms with Gasteiger partial charge >= 0.3 is 0 Å². The third-order valence-electron chi connectivity index (χ3n) is 5.72. The maximum atomic E-state index is 5.97. The van der Waals surface area contributed by atoms with Crippen LogP contribution in [0.25, 0.3) is 21.3 Å². The van der Waals surface area contributed by atoms with Gasteiger partial charge in [-0.05, 0) is 36.4 Å². The molecule has 5 aromatic rings. The average Bonchev–Trinajstić information content (AvgIpc) is 3.43. The van der Waals surface area contributed by atoms with Gasteiger partial charge in [0.05, 0.1) is 11.0 Å². The second-order valence-electron chi connectivity index (χ2n) is 7.78. The van der Waals surface area contributed by atoms with Gasteiger partial charge in [-0.25, -0.2) is 9.97 Å². The maximum Gasteiger partial charge on any atom is 0.281 e. The van der Waals surface area contributed by atoms with Crippen LogP contribution in [-0.2, 0) is 6.54 Å². The van der Waals surface area contributed by atoms with Crippen molar-refractivity contribution < 1.29 is 9.15 Å². The van der Waals surface area contributed by atoms with Crippen LogP contribution >= 0.6 is 11.3 Å². The Morgan fingerprint density at radius 2 is 1.88 bits per heavy atom. The molecule has 1 fully saturated rings. The fraction of sp³-hybridized carbons (Fsp3) is 0.208. The van der Waals surface area contributed by atoms with E-state index >= 15 is 0 Å². The highest BCUT2D eigenvalue weighted by Crippen LogP contribution is 2.33. The summed E-state index contributed by atoms with van der Waals surface area (Å²) in [4.78, 5) is 18.0. The Labute approximate surface area is 188 Å². The number of hydrogen-bond donors (Lipinski definition) is 0. The van der Waals surface area contributed by atoms with Gasteiger partial charge in [0.2, 0.25) is 0 Å². The first-order chi connectivity index (χ1) is 15.8. The highest BCUT2D eigenvalue weighted by atomic mass is 32.1. The molecule has 6 rings (SSSR count). The van der Waals surface area contributed by atoms with E-state index in [1.54, 1.807) is 6.20 Å². The van der Waals surface area contributed by atoms with Crippen LogP contribution in [0.1, 0.15) is 5.56 Å². The first kappa shape index (κ1) is 19.2. The van der Waals surface area contributed by atoms with Crippen LogP contribution in [0.5, 0.6) is 10.9 Å². The summed E-state index contributed by atoms with van der Waals surface area (Å²) < 4.78 is 12.8. The lowest BCUT2D eigenvalue weighted by atomic mass is 10.1. The van der Waals surface area contributed by atoms with Crippen LogP contribution in [0.3, 0.4) is 0 Å². The second-order valence-corrected chi connectivity index (χ2v) is 8.77. The molecule has 0 atom stereocenters. The summed E-state index contributed by atoms with van der Waals surface area (Å²) >= 11 is 1.48. The number of fused-ring (bicyclic) bond motifs is 2. The first-order valence-electron chi connectivity index (χ1n) is 10.6. The van der Waals surface area contributed by atoms with Crippen molar-refractivity contribution in [1.29, 1.82) is 0 Å². The molecule has 7 nitrogen and oxygen atoms in total. The second kappa shape index (κ2) is 8.22. The van der Waals surface area contributed by atoms with Crippen LogP contribution in [0.2, 0.25) is 0 Å². The Bertz CT molecular complexity index is 1330. The van der Waals surface area contributed by atoms with Crippen molar-refractivity contribution in [1.82, 2.24) is 19.9 Å². The predicted molar refractivity (Wildman–Crippen MR) is 125 cm³/mol. The Kier molecular flexibility index (Phi) is 4.93. The van der Waals surface area contributed by atoms with Crippen molar-refractivity contribution >= 4 is 38.5 Å². The minimum absolute atomic E-state index is 0.579. The first-order valence-corrected chi connectivity index (χ1v) is 11.4. The number of benzene rings is 1. The van der Waals surface area contributed by atoms with Gasteiger partial charge in [0.15, 0.2) is 5.65 Å². The van der Waals surface area contributed by atoms with E-state index in [0.717, 1.165) is 54.2 Å². The van der Waals surface area contributed by atoms with E-state index in [-0.39, 0.29) is 0 Å². The van der Waals surface area contributed by atoms with E-state index in [1.807, 2.05) is 48.9 Å². The lowest BCUT2D eigenvalue weighted by molar-refractivity contribution is 0.249. The van der Waals surface area contributed by atoms with Crippen molar-refractivity contribution in [3.05, 3.63) is 72.8 Å². The van der Waals surface area contributed by atoms with Crippen LogP contribution in [0.4, 0.5) is 5.82 Å². The molecule has 8 heteroatoms. The van der Waals surface area contributed by atoms with Gasteiger partial charge in [0.1, 0.15) is 17.2 Å². The maximum absolute atomic E-state index is 5.97. The Morgan fingerprint density at radius 3 is 2.72 bits per heavy atom. The third-order valence-corrected chi connectivity index (χ3v) is 6.60. The lowest BCUT2D eigenvalue weighted by Crippen LogP contribution is -2.46. The number of thiazole rings is 1. The standard InChI is InChI=1S/C24H21N5O2S/c1-2-8-25-22(5-1)29-12-10-28(11-13-29)15-17-16-30-20-14-18(6-7-19(17)20)31-24-27-23-21(32-24)4-3-9-26-23/h1-9,14,16H,10-13,15H2. The SMILES string of the molecule is c1ccc(N2CCN(Cc3coc4cc(Oc5nc6ncccc6s5)ccc34)CC2)nc1. The van der Waals surface area contributed by atoms with Gasteiger partial charge in [0.25, 0.3) is 5.19 Å². The molecule has 0 saturated carbocycles. The number of aromatic nitrogens is 3. The number of ether oxygens (including phenoxy) is 1. The number of rotatable bonds is 5. The van der Waals surface area contributed by atoms with Gasteiger partial charge in [-0.3, -0.25) is 4.90 Å². The molecule has 160 valence electrons. The quantitative estimate of drug-likeness (QED) is 0.381. The van der Waals surface area contributed by atoms with Crippen LogP contribution in [0, 0.1) is 0 Å². The molecule has 1 aliphatic rings. The molecule has 0 bridgehead atoms. The summed E-state index contributed by atoms with van der Waals surface area (Å²) in [6, 6.07) is 15.9. The molecule has 0 N–H and O–H groups in total. The number of furan rings is 1. The van der Waals surface area contributed by atoms with Gasteiger partial charge in [0, 0.05) is 62.1 Å². The molecule has 0 amide bonds. The van der Waals surface area contributed by atoms with Gasteiger partial charge < -0.3 is 14.1 Å². The average molecular weight is 444 g/mol. The van der Waals surface area contributed by atoms with Crippen molar-refractivity contribution in [2.24, 2.45) is 0 Å². The normalized spacial score (nSPS) is 14.9. The van der Waals surface area contributed by atoms with Crippen molar-refractivity contribution in [3.63, 3.8) is 0 Å². The molecule has 0 unspecified atom stereocenters. The minimum Gasteiger partial charge on any atom is -0.464 e. The summed E-state index contributed by atoms with van der Waals surface area (Å²) in [5, 5.41) is 1.70. The lowest BCUT2D eigenvalue weighted by Gasteiger charge is -2.35. The number of hydrogen-bond acceptors (Lipinski definition) is 8. The molecule has 1 aliphatic heterocycles. The van der Waals surface area contributed by atoms with Gasteiger partial charge in [-0.2, -0.15) is 4.98 Å². The summed E-state index contributed by atoms with van der Waals surface area (Å²) in [6.07, 6.45) is 5.45. The summed E-state index contributed by atoms with van der Waals surface area (Å²) in [6.45, 7) is 4.81. The highest BCUT2D eigenvalue weighted by molar-refractivity contribution is 7.20. The molecular weight excluding hydrogens is 422 g/mol. The molecule has 0 radical (unpaired) electrons. The third kappa shape index (κ3) is 3.79. The van der Waals surface area contributed by atoms with E-state index in [1.165, 1.54) is 16.9 Å². The van der Waals surface area contributed by atoms with E-state index in [4.69, 9.17) is 9.15 Å². The zero-order chi connectivity index (χ0) is 21.3. The molecular formula is C24H21N5O2S. The van der Waals surface area contributed by atoms with Crippen molar-refractivity contribution in [2.45, 2.75) is 6.54 Å². The number of pyridine rings is 2. The van der Waals surface area contributed by atoms with Crippen molar-refractivity contribution in [2.75, 3.05) is 31.1 Å². The Morgan fingerprint density at radius 1 is 0.969 bits per heavy atom. The fourth-order valence-electron chi connectivity index (χ4n) is 4.06. The van der Waals surface area contributed by atoms with E-state index < -0.39 is 0 Å². The fourth-order valence-corrected chi connectivity index (χ4v) is 4.85. The van der Waals surface area contributed by atoms with Gasteiger partial charge in [-0.1, -0.05) is 17.4 Å². The van der Waals surface area contributed by atoms with E-state index in [0.29, 0.717) is 16.6 Å². The number of anilines is 1. The summed E-state index contributed by atoms with van der Waals surface area (Å²) in [5.74, 6) is 1.76. The van der Waals surface area contributed by atoms with Crippen LogP contribution in [0.15, 0.2) is 71.6 Å². The summed E-state index contributed by atoms with van der Waals surface area (Å²) in [5.41, 5.74) is 2.72. The number of piperazine rings is 1. The van der Waals surface area contributed by atoms with E-state index in [2.05, 4.69) is 36.9 Å². The molecule has 32 heavy (non-hydrogen) atoms. The molecule has 5 heterocycles. The van der Waals surface area contributed by atoms with Crippen LogP contribution < -0.4 is 9.64 Å². The summed E-state index contributed by atoms with van der Waals surface area (Å²) in [7, 11) is 0. The minimum atomic E-state index is 0.579. The molecule has 4 aromatic heterocycles. The smallest absolute Gasteiger partial charge is 0.281 e. The van der Waals surface area contributed by atoms with Crippen molar-refractivity contribution in [3.8, 4) is 10.9 Å². The topological polar surface area (TPSA) is 67.5 Å².